The van der Waals surface area contributed by atoms with Crippen LogP contribution < -0.4 is 5.32 Å². The maximum absolute atomic E-state index is 12.7. The molecule has 2 amide bonds. The maximum Gasteiger partial charge on any atom is 0.248 e. The lowest BCUT2D eigenvalue weighted by molar-refractivity contribution is -0.167. The van der Waals surface area contributed by atoms with Crippen molar-refractivity contribution in [1.29, 1.82) is 0 Å². The van der Waals surface area contributed by atoms with Crippen LogP contribution in [0.15, 0.2) is 0 Å². The molecule has 19 heavy (non-hydrogen) atoms. The summed E-state index contributed by atoms with van der Waals surface area (Å²) in [6.07, 6.45) is 2.45. The molecule has 2 aliphatic rings. The lowest BCUT2D eigenvalue weighted by Gasteiger charge is -2.52. The number of hydrogen-bond donors (Lipinski definition) is 1. The van der Waals surface area contributed by atoms with Crippen molar-refractivity contribution >= 4 is 11.8 Å². The second kappa shape index (κ2) is 4.78. The fraction of sp³-hybridized carbons (Fsp3) is 0.857. The summed E-state index contributed by atoms with van der Waals surface area (Å²) >= 11 is 0. The molecule has 0 aliphatic carbocycles. The van der Waals surface area contributed by atoms with Crippen molar-refractivity contribution in [2.75, 3.05) is 13.2 Å². The number of nitrogens with zero attached hydrogens (tertiary/aromatic N) is 1. The van der Waals surface area contributed by atoms with Crippen LogP contribution in [0.25, 0.3) is 0 Å². The van der Waals surface area contributed by atoms with Gasteiger partial charge in [-0.3, -0.25) is 9.59 Å². The Hall–Kier alpha value is -1.10. The number of carbonyl (C=O) groups is 2. The third-order valence-corrected chi connectivity index (χ3v) is 4.19. The van der Waals surface area contributed by atoms with E-state index in [9.17, 15) is 9.59 Å². The molecule has 2 saturated heterocycles. The smallest absolute Gasteiger partial charge is 0.248 e. The average molecular weight is 268 g/mol. The van der Waals surface area contributed by atoms with E-state index in [-0.39, 0.29) is 23.4 Å². The zero-order chi connectivity index (χ0) is 14.3. The van der Waals surface area contributed by atoms with Gasteiger partial charge in [-0.25, -0.2) is 0 Å². The topological polar surface area (TPSA) is 58.6 Å². The van der Waals surface area contributed by atoms with Crippen molar-refractivity contribution in [1.82, 2.24) is 10.2 Å². The van der Waals surface area contributed by atoms with E-state index in [1.807, 2.05) is 13.8 Å². The molecule has 0 aromatic rings. The number of amides is 2. The third kappa shape index (κ3) is 2.36. The summed E-state index contributed by atoms with van der Waals surface area (Å²) < 4.78 is 5.56. The van der Waals surface area contributed by atoms with E-state index in [0.717, 1.165) is 19.4 Å². The summed E-state index contributed by atoms with van der Waals surface area (Å²) in [5.74, 6) is -0.0640. The minimum atomic E-state index is -0.830. The van der Waals surface area contributed by atoms with Crippen LogP contribution in [0.4, 0.5) is 0 Å². The summed E-state index contributed by atoms with van der Waals surface area (Å²) in [4.78, 5) is 26.7. The molecule has 0 bridgehead atoms. The zero-order valence-corrected chi connectivity index (χ0v) is 12.3. The maximum atomic E-state index is 12.7. The van der Waals surface area contributed by atoms with Gasteiger partial charge < -0.3 is 15.0 Å². The van der Waals surface area contributed by atoms with Gasteiger partial charge in [0.1, 0.15) is 11.6 Å². The van der Waals surface area contributed by atoms with Gasteiger partial charge in [0.25, 0.3) is 0 Å². The van der Waals surface area contributed by atoms with E-state index in [1.165, 1.54) is 0 Å². The van der Waals surface area contributed by atoms with Crippen LogP contribution in [-0.2, 0) is 14.3 Å². The molecule has 1 N–H and O–H groups in total. The van der Waals surface area contributed by atoms with Crippen molar-refractivity contribution in [2.45, 2.75) is 64.1 Å². The molecular weight excluding hydrogens is 244 g/mol. The Labute approximate surface area is 114 Å². The summed E-state index contributed by atoms with van der Waals surface area (Å²) in [7, 11) is 0. The summed E-state index contributed by atoms with van der Waals surface area (Å²) in [6.45, 7) is 8.75. The second-order valence-corrected chi connectivity index (χ2v) is 6.37. The van der Waals surface area contributed by atoms with Crippen LogP contribution >= 0.6 is 0 Å². The largest absolute Gasteiger partial charge is 0.379 e. The Balaban J connectivity index is 2.36. The van der Waals surface area contributed by atoms with Crippen molar-refractivity contribution in [3.63, 3.8) is 0 Å². The Bertz CT molecular complexity index is 386. The predicted octanol–water partition coefficient (Wildman–Crippen LogP) is 1.07. The van der Waals surface area contributed by atoms with Gasteiger partial charge in [-0.2, -0.15) is 0 Å². The third-order valence-electron chi connectivity index (χ3n) is 4.19. The molecule has 5 nitrogen and oxygen atoms in total. The Morgan fingerprint density at radius 3 is 2.58 bits per heavy atom. The van der Waals surface area contributed by atoms with Crippen molar-refractivity contribution < 1.29 is 14.3 Å². The summed E-state index contributed by atoms with van der Waals surface area (Å²) in [5, 5.41) is 2.82. The van der Waals surface area contributed by atoms with Crippen molar-refractivity contribution in [2.24, 2.45) is 0 Å². The van der Waals surface area contributed by atoms with E-state index in [4.69, 9.17) is 4.74 Å². The van der Waals surface area contributed by atoms with Crippen LogP contribution in [0.5, 0.6) is 0 Å². The van der Waals surface area contributed by atoms with E-state index < -0.39 is 5.54 Å². The molecule has 0 spiro atoms. The van der Waals surface area contributed by atoms with Gasteiger partial charge in [-0.15, -0.1) is 0 Å². The van der Waals surface area contributed by atoms with Crippen LogP contribution in [0, 0.1) is 0 Å². The lowest BCUT2D eigenvalue weighted by atomic mass is 9.85. The van der Waals surface area contributed by atoms with Gasteiger partial charge in [0.05, 0.1) is 12.1 Å². The highest BCUT2D eigenvalue weighted by Gasteiger charge is 2.51. The number of rotatable bonds is 2. The number of nitrogens with one attached hydrogen (secondary N) is 1. The van der Waals surface area contributed by atoms with Crippen LogP contribution in [0.1, 0.15) is 47.0 Å². The van der Waals surface area contributed by atoms with E-state index in [1.54, 1.807) is 18.7 Å². The Morgan fingerprint density at radius 2 is 2.05 bits per heavy atom. The zero-order valence-electron chi connectivity index (χ0n) is 12.3. The highest BCUT2D eigenvalue weighted by Crippen LogP contribution is 2.33. The van der Waals surface area contributed by atoms with E-state index in [0.29, 0.717) is 13.0 Å². The van der Waals surface area contributed by atoms with Gasteiger partial charge in [0.2, 0.25) is 11.8 Å². The number of ether oxygens (including phenoxy) is 1. The monoisotopic (exact) mass is 268 g/mol. The molecule has 2 unspecified atom stereocenters. The molecule has 2 rings (SSSR count). The molecule has 2 fully saturated rings. The van der Waals surface area contributed by atoms with Gasteiger partial charge in [0.15, 0.2) is 0 Å². The molecule has 0 aromatic heterocycles. The Kier molecular flexibility index (Phi) is 3.60. The van der Waals surface area contributed by atoms with Gasteiger partial charge in [-0.1, -0.05) is 6.92 Å². The summed E-state index contributed by atoms with van der Waals surface area (Å²) in [5.41, 5.74) is -1.20. The van der Waals surface area contributed by atoms with Crippen LogP contribution in [-0.4, -0.2) is 47.0 Å². The molecule has 0 radical (unpaired) electrons. The quantitative estimate of drug-likeness (QED) is 0.815. The van der Waals surface area contributed by atoms with Crippen LogP contribution in [0.3, 0.4) is 0 Å². The van der Waals surface area contributed by atoms with Crippen molar-refractivity contribution in [3.8, 4) is 0 Å². The number of carbonyl (C=O) groups excluding carboxylic acids is 2. The van der Waals surface area contributed by atoms with E-state index in [2.05, 4.69) is 5.32 Å². The minimum absolute atomic E-state index is 0.00745. The van der Waals surface area contributed by atoms with Gasteiger partial charge >= 0.3 is 0 Å². The average Bonchev–Trinajstić information content (AvgIpc) is 2.33. The first-order valence-corrected chi connectivity index (χ1v) is 7.05. The summed E-state index contributed by atoms with van der Waals surface area (Å²) in [6, 6.07) is -0.382. The Morgan fingerprint density at radius 1 is 1.37 bits per heavy atom. The first-order chi connectivity index (χ1) is 8.82. The first kappa shape index (κ1) is 14.3. The molecule has 0 aromatic carbocycles. The van der Waals surface area contributed by atoms with Crippen LogP contribution in [0.2, 0.25) is 0 Å². The first-order valence-electron chi connectivity index (χ1n) is 7.05. The molecule has 0 saturated carbocycles. The number of hydrogen-bond acceptors (Lipinski definition) is 3. The lowest BCUT2D eigenvalue weighted by Crippen LogP contribution is -2.73. The normalized spacial score (nSPS) is 35.2. The molecule has 2 aliphatic heterocycles. The number of piperazine rings is 1. The SMILES string of the molecule is CCC1C(=O)NC(C)(C)C(=O)N1C1(C)CCCOC1. The van der Waals surface area contributed by atoms with Gasteiger partial charge in [0, 0.05) is 6.61 Å². The molecule has 2 atom stereocenters. The van der Waals surface area contributed by atoms with E-state index >= 15 is 0 Å². The van der Waals surface area contributed by atoms with Gasteiger partial charge in [-0.05, 0) is 40.0 Å². The fourth-order valence-electron chi connectivity index (χ4n) is 3.10. The van der Waals surface area contributed by atoms with Crippen molar-refractivity contribution in [3.05, 3.63) is 0 Å². The molecule has 108 valence electrons. The molecule has 2 heterocycles. The highest BCUT2D eigenvalue weighted by molar-refractivity contribution is 5.99. The molecular formula is C14H24N2O3. The highest BCUT2D eigenvalue weighted by atomic mass is 16.5. The fourth-order valence-corrected chi connectivity index (χ4v) is 3.10. The minimum Gasteiger partial charge on any atom is -0.379 e. The molecule has 5 heteroatoms. The second-order valence-electron chi connectivity index (χ2n) is 6.37. The standard InChI is InChI=1S/C14H24N2O3/c1-5-10-11(17)15-13(2,3)12(18)16(10)14(4)7-6-8-19-9-14/h10H,5-9H2,1-4H3,(H,15,17). The predicted molar refractivity (Wildman–Crippen MR) is 71.6 cm³/mol.